The van der Waals surface area contributed by atoms with E-state index in [1.807, 2.05) is 18.2 Å². The van der Waals surface area contributed by atoms with Gasteiger partial charge in [-0.1, -0.05) is 32.1 Å². The predicted octanol–water partition coefficient (Wildman–Crippen LogP) is 3.91. The average molecular weight is 431 g/mol. The van der Waals surface area contributed by atoms with Crippen molar-refractivity contribution in [2.45, 2.75) is 57.2 Å². The number of furan rings is 1. The van der Waals surface area contributed by atoms with Crippen LogP contribution in [-0.2, 0) is 9.47 Å². The number of ether oxygens (including phenoxy) is 2. The monoisotopic (exact) mass is 430 g/mol. The molecule has 170 valence electrons. The molecular formula is C24H34N2O5. The molecule has 1 saturated heterocycles. The molecule has 4 rings (SSSR count). The number of hydrogen-bond acceptors (Lipinski definition) is 7. The predicted molar refractivity (Wildman–Crippen MR) is 119 cm³/mol. The Labute approximate surface area is 183 Å². The van der Waals surface area contributed by atoms with Gasteiger partial charge in [0.25, 0.3) is 0 Å². The second kappa shape index (κ2) is 10.5. The van der Waals surface area contributed by atoms with Gasteiger partial charge in [0.15, 0.2) is 0 Å². The number of esters is 1. The lowest BCUT2D eigenvalue weighted by molar-refractivity contribution is 0.0435. The van der Waals surface area contributed by atoms with Crippen molar-refractivity contribution in [3.63, 3.8) is 0 Å². The molecule has 2 heterocycles. The summed E-state index contributed by atoms with van der Waals surface area (Å²) < 4.78 is 15.8. The van der Waals surface area contributed by atoms with Crippen LogP contribution >= 0.6 is 0 Å². The summed E-state index contributed by atoms with van der Waals surface area (Å²) >= 11 is 0. The molecule has 3 N–H and O–H groups in total. The molecular weight excluding hydrogens is 396 g/mol. The molecule has 0 bridgehead atoms. The normalized spacial score (nSPS) is 23.2. The van der Waals surface area contributed by atoms with E-state index in [0.717, 1.165) is 24.0 Å². The number of aliphatic hydroxyl groups excluding tert-OH is 1. The Bertz CT molecular complexity index is 861. The van der Waals surface area contributed by atoms with E-state index in [-0.39, 0.29) is 11.8 Å². The highest BCUT2D eigenvalue weighted by Gasteiger charge is 2.37. The van der Waals surface area contributed by atoms with Crippen LogP contribution in [0.4, 0.5) is 5.69 Å². The molecule has 31 heavy (non-hydrogen) atoms. The molecule has 1 saturated carbocycles. The minimum atomic E-state index is -0.663. The first-order chi connectivity index (χ1) is 15.2. The van der Waals surface area contributed by atoms with Crippen molar-refractivity contribution in [1.29, 1.82) is 0 Å². The summed E-state index contributed by atoms with van der Waals surface area (Å²) in [6.45, 7) is 1.79. The fourth-order valence-electron chi connectivity index (χ4n) is 5.12. The smallest absolute Gasteiger partial charge is 0.374 e. The van der Waals surface area contributed by atoms with Crippen LogP contribution in [0.5, 0.6) is 0 Å². The molecule has 1 aliphatic carbocycles. The number of rotatable bonds is 9. The third kappa shape index (κ3) is 5.40. The summed E-state index contributed by atoms with van der Waals surface area (Å²) in [5.74, 6) is 0.922. The summed E-state index contributed by atoms with van der Waals surface area (Å²) in [6, 6.07) is 7.32. The maximum Gasteiger partial charge on any atom is 0.374 e. The van der Waals surface area contributed by atoms with Crippen molar-refractivity contribution in [1.82, 2.24) is 5.32 Å². The minimum Gasteiger partial charge on any atom is -0.460 e. The Balaban J connectivity index is 1.38. The highest BCUT2D eigenvalue weighted by Crippen LogP contribution is 2.37. The van der Waals surface area contributed by atoms with Crippen molar-refractivity contribution < 1.29 is 23.8 Å². The van der Waals surface area contributed by atoms with Crippen LogP contribution in [0.2, 0.25) is 0 Å². The molecule has 1 unspecified atom stereocenters. The maximum absolute atomic E-state index is 12.2. The van der Waals surface area contributed by atoms with Gasteiger partial charge in [0, 0.05) is 31.2 Å². The van der Waals surface area contributed by atoms with Gasteiger partial charge in [-0.3, -0.25) is 0 Å². The number of nitrogens with one attached hydrogen (secondary N) is 2. The zero-order chi connectivity index (χ0) is 21.6. The zero-order valence-electron chi connectivity index (χ0n) is 18.3. The quantitative estimate of drug-likeness (QED) is 0.315. The van der Waals surface area contributed by atoms with E-state index in [9.17, 15) is 9.90 Å². The van der Waals surface area contributed by atoms with Crippen molar-refractivity contribution in [3.8, 4) is 0 Å². The summed E-state index contributed by atoms with van der Waals surface area (Å²) in [6.07, 6.45) is 7.63. The lowest BCUT2D eigenvalue weighted by Gasteiger charge is -2.34. The molecule has 1 aromatic carbocycles. The molecule has 2 fully saturated rings. The van der Waals surface area contributed by atoms with E-state index in [2.05, 4.69) is 10.6 Å². The van der Waals surface area contributed by atoms with Crippen LogP contribution in [0.1, 0.15) is 55.5 Å². The average Bonchev–Trinajstić information content (AvgIpc) is 3.44. The van der Waals surface area contributed by atoms with Gasteiger partial charge in [0.05, 0.1) is 12.6 Å². The van der Waals surface area contributed by atoms with Gasteiger partial charge in [-0.25, -0.2) is 4.79 Å². The standard InChI is InChI=1S/C24H34N2O5/c1-29-12-5-13-30-24(28)21-15-17-14-18(8-9-20(17)31-21)26-23(27)22-19(10-11-25-22)16-6-3-2-4-7-16/h8-9,14-16,19,22-23,25-27H,2-7,10-13H2,1H3/t19-,22-,23?/m0/s1. The molecule has 0 spiro atoms. The molecule has 7 nitrogen and oxygen atoms in total. The number of fused-ring (bicyclic) bond motifs is 1. The third-order valence-electron chi connectivity index (χ3n) is 6.67. The van der Waals surface area contributed by atoms with Crippen LogP contribution in [0, 0.1) is 11.8 Å². The van der Waals surface area contributed by atoms with E-state index in [1.165, 1.54) is 32.1 Å². The number of anilines is 1. The van der Waals surface area contributed by atoms with Crippen molar-refractivity contribution in [2.75, 3.05) is 32.2 Å². The number of carbonyl (C=O) groups excluding carboxylic acids is 1. The van der Waals surface area contributed by atoms with Gasteiger partial charge in [0.1, 0.15) is 11.8 Å². The van der Waals surface area contributed by atoms with Crippen LogP contribution in [-0.4, -0.2) is 50.2 Å². The van der Waals surface area contributed by atoms with Crippen molar-refractivity contribution >= 4 is 22.6 Å². The lowest BCUT2D eigenvalue weighted by Crippen LogP contribution is -2.45. The second-order valence-electron chi connectivity index (χ2n) is 8.77. The van der Waals surface area contributed by atoms with Crippen molar-refractivity contribution in [2.24, 2.45) is 11.8 Å². The van der Waals surface area contributed by atoms with Gasteiger partial charge in [-0.05, 0) is 49.1 Å². The van der Waals surface area contributed by atoms with Gasteiger partial charge < -0.3 is 29.6 Å². The van der Waals surface area contributed by atoms with E-state index < -0.39 is 12.2 Å². The first-order valence-corrected chi connectivity index (χ1v) is 11.5. The molecule has 1 aromatic heterocycles. The number of carbonyl (C=O) groups is 1. The van der Waals surface area contributed by atoms with Gasteiger partial charge in [-0.15, -0.1) is 0 Å². The topological polar surface area (TPSA) is 93.0 Å². The van der Waals surface area contributed by atoms with Crippen molar-refractivity contribution in [3.05, 3.63) is 30.0 Å². The molecule has 3 atom stereocenters. The molecule has 2 aliphatic rings. The number of aliphatic hydroxyl groups is 1. The van der Waals surface area contributed by atoms with Gasteiger partial charge in [-0.2, -0.15) is 0 Å². The highest BCUT2D eigenvalue weighted by atomic mass is 16.5. The Hall–Kier alpha value is -2.09. The van der Waals surface area contributed by atoms with Gasteiger partial charge >= 0.3 is 5.97 Å². The van der Waals surface area contributed by atoms with Crippen LogP contribution in [0.25, 0.3) is 11.0 Å². The number of hydrogen-bond donors (Lipinski definition) is 3. The van der Waals surface area contributed by atoms with E-state index in [1.54, 1.807) is 13.2 Å². The number of methoxy groups -OCH3 is 1. The van der Waals surface area contributed by atoms with Gasteiger partial charge in [0.2, 0.25) is 5.76 Å². The SMILES string of the molecule is COCCCOC(=O)c1cc2cc(NC(O)[C@H]3NCC[C@H]3C3CCCCC3)ccc2o1. The Morgan fingerprint density at radius 3 is 2.87 bits per heavy atom. The maximum atomic E-state index is 12.2. The molecule has 7 heteroatoms. The highest BCUT2D eigenvalue weighted by molar-refractivity contribution is 5.93. The first kappa shape index (κ1) is 22.1. The Kier molecular flexibility index (Phi) is 7.48. The first-order valence-electron chi connectivity index (χ1n) is 11.5. The third-order valence-corrected chi connectivity index (χ3v) is 6.67. The fourth-order valence-corrected chi connectivity index (χ4v) is 5.12. The van der Waals surface area contributed by atoms with E-state index in [0.29, 0.717) is 37.1 Å². The van der Waals surface area contributed by atoms with Crippen LogP contribution in [0.3, 0.4) is 0 Å². The molecule has 1 aliphatic heterocycles. The van der Waals surface area contributed by atoms with E-state index >= 15 is 0 Å². The largest absolute Gasteiger partial charge is 0.460 e. The molecule has 0 radical (unpaired) electrons. The summed E-state index contributed by atoms with van der Waals surface area (Å²) in [5, 5.41) is 18.5. The summed E-state index contributed by atoms with van der Waals surface area (Å²) in [4.78, 5) is 12.2. The number of benzene rings is 1. The molecule has 2 aromatic rings. The minimum absolute atomic E-state index is 0.0563. The summed E-state index contributed by atoms with van der Waals surface area (Å²) in [5.41, 5.74) is 1.42. The lowest BCUT2D eigenvalue weighted by atomic mass is 9.76. The van der Waals surface area contributed by atoms with Crippen LogP contribution < -0.4 is 10.6 Å². The summed E-state index contributed by atoms with van der Waals surface area (Å²) in [7, 11) is 1.61. The Morgan fingerprint density at radius 1 is 1.23 bits per heavy atom. The molecule has 0 amide bonds. The second-order valence-corrected chi connectivity index (χ2v) is 8.77. The van der Waals surface area contributed by atoms with E-state index in [4.69, 9.17) is 13.9 Å². The van der Waals surface area contributed by atoms with Crippen LogP contribution in [0.15, 0.2) is 28.7 Å². The zero-order valence-corrected chi connectivity index (χ0v) is 18.3. The Morgan fingerprint density at radius 2 is 2.06 bits per heavy atom. The fraction of sp³-hybridized carbons (Fsp3) is 0.625.